The first kappa shape index (κ1) is 46.5. The highest BCUT2D eigenvalue weighted by molar-refractivity contribution is 5.96. The number of hydrogen-bond donors (Lipinski definition) is 1. The topological polar surface area (TPSA) is 54.4 Å². The Morgan fingerprint density at radius 1 is 0.596 bits per heavy atom. The molecule has 0 saturated heterocycles. The van der Waals surface area contributed by atoms with Crippen LogP contribution in [0, 0.1) is 12.8 Å². The van der Waals surface area contributed by atoms with Gasteiger partial charge in [0.2, 0.25) is 0 Å². The number of phenols is 1. The fourth-order valence-electron chi connectivity index (χ4n) is 10.1. The van der Waals surface area contributed by atoms with Crippen molar-refractivity contribution in [2.75, 3.05) is 0 Å². The summed E-state index contributed by atoms with van der Waals surface area (Å²) in [6.07, 6.45) is 6.90. The van der Waals surface area contributed by atoms with Crippen molar-refractivity contribution in [3.05, 3.63) is 97.6 Å². The highest BCUT2D eigenvalue weighted by Gasteiger charge is 2.43. The molecule has 3 aliphatic carbocycles. The zero-order valence-electron chi connectivity index (χ0n) is 40.0. The molecule has 3 aliphatic rings. The van der Waals surface area contributed by atoms with E-state index in [-0.39, 0.29) is 49.5 Å². The standard InChI is InChI=1S/C18H26O.C18H28O.C18H26O/c1-11-8-16-15(9-14(11)13(3)19)17(4,5)10-12(2)18(16,6)7;1-16(2,3)14-10-12-13(11-15(14)19)18(6,7)9-8-17(12,4)5;1-7-13-10-15-16(11-14(13)12(2)19)18(5,6)9-8-17(15,3)4/h8-9,12H,10H2,1-7H3;10-11,19H,8-9H2,1-7H3;10-11H,7-9H2,1-6H3/t12-;;/m1../s1. The summed E-state index contributed by atoms with van der Waals surface area (Å²) in [5.74, 6) is 1.47. The van der Waals surface area contributed by atoms with Crippen molar-refractivity contribution < 1.29 is 14.7 Å². The summed E-state index contributed by atoms with van der Waals surface area (Å²) >= 11 is 0. The van der Waals surface area contributed by atoms with Crippen LogP contribution >= 0.6 is 0 Å². The van der Waals surface area contributed by atoms with E-state index >= 15 is 0 Å². The summed E-state index contributed by atoms with van der Waals surface area (Å²) in [4.78, 5) is 23.7. The van der Waals surface area contributed by atoms with Crippen molar-refractivity contribution in [3.8, 4) is 5.75 Å². The molecule has 0 heterocycles. The molecule has 0 radical (unpaired) electrons. The van der Waals surface area contributed by atoms with Gasteiger partial charge in [-0.3, -0.25) is 9.59 Å². The van der Waals surface area contributed by atoms with Crippen LogP contribution in [0.3, 0.4) is 0 Å². The van der Waals surface area contributed by atoms with Crippen LogP contribution in [0.15, 0.2) is 36.4 Å². The number of Topliss-reactive ketones (excluding diaryl/α,β-unsaturated/α-hetero) is 2. The first-order valence-electron chi connectivity index (χ1n) is 21.9. The predicted molar refractivity (Wildman–Crippen MR) is 244 cm³/mol. The third-order valence-corrected chi connectivity index (χ3v) is 14.8. The molecule has 314 valence electrons. The summed E-state index contributed by atoms with van der Waals surface area (Å²) in [5, 5.41) is 10.4. The van der Waals surface area contributed by atoms with Crippen molar-refractivity contribution in [3.63, 3.8) is 0 Å². The summed E-state index contributed by atoms with van der Waals surface area (Å²) in [6.45, 7) is 44.1. The van der Waals surface area contributed by atoms with E-state index in [1.807, 2.05) is 6.07 Å². The second kappa shape index (κ2) is 15.4. The Morgan fingerprint density at radius 2 is 0.982 bits per heavy atom. The number of benzene rings is 3. The van der Waals surface area contributed by atoms with Gasteiger partial charge in [0.05, 0.1) is 0 Å². The second-order valence-electron chi connectivity index (χ2n) is 23.1. The fraction of sp³-hybridized carbons (Fsp3) is 0.630. The molecule has 57 heavy (non-hydrogen) atoms. The highest BCUT2D eigenvalue weighted by Crippen LogP contribution is 2.51. The number of ketones is 2. The van der Waals surface area contributed by atoms with Gasteiger partial charge in [-0.1, -0.05) is 136 Å². The van der Waals surface area contributed by atoms with E-state index in [0.717, 1.165) is 28.7 Å². The van der Waals surface area contributed by atoms with Gasteiger partial charge in [-0.25, -0.2) is 0 Å². The van der Waals surface area contributed by atoms with Crippen LogP contribution in [0.4, 0.5) is 0 Å². The first-order valence-corrected chi connectivity index (χ1v) is 21.9. The van der Waals surface area contributed by atoms with Crippen LogP contribution in [-0.4, -0.2) is 16.7 Å². The third kappa shape index (κ3) is 9.18. The molecular weight excluding hydrogens is 697 g/mol. The molecule has 3 aromatic carbocycles. The smallest absolute Gasteiger partial charge is 0.160 e. The third-order valence-electron chi connectivity index (χ3n) is 14.8. The van der Waals surface area contributed by atoms with E-state index in [1.54, 1.807) is 13.8 Å². The summed E-state index contributed by atoms with van der Waals surface area (Å²) in [5.41, 5.74) is 14.7. The lowest BCUT2D eigenvalue weighted by Gasteiger charge is -2.47. The molecule has 0 amide bonds. The van der Waals surface area contributed by atoms with Crippen LogP contribution in [0.5, 0.6) is 5.75 Å². The Hall–Kier alpha value is -3.20. The molecule has 0 aliphatic heterocycles. The number of aromatic hydroxyl groups is 1. The molecule has 1 atom stereocenters. The number of hydrogen-bond acceptors (Lipinski definition) is 3. The van der Waals surface area contributed by atoms with Crippen molar-refractivity contribution in [2.24, 2.45) is 5.92 Å². The molecule has 0 unspecified atom stereocenters. The van der Waals surface area contributed by atoms with Gasteiger partial charge >= 0.3 is 0 Å². The van der Waals surface area contributed by atoms with E-state index in [4.69, 9.17) is 0 Å². The van der Waals surface area contributed by atoms with Gasteiger partial charge in [-0.15, -0.1) is 0 Å². The number of aryl methyl sites for hydroxylation is 2. The van der Waals surface area contributed by atoms with Gasteiger partial charge in [-0.2, -0.15) is 0 Å². The molecule has 3 nitrogen and oxygen atoms in total. The second-order valence-corrected chi connectivity index (χ2v) is 23.1. The first-order chi connectivity index (χ1) is 25.7. The van der Waals surface area contributed by atoms with Crippen molar-refractivity contribution in [1.82, 2.24) is 0 Å². The SMILES string of the molecule is CC(=O)c1cc2c(cc1C)C(C)(C)[C@H](C)CC2(C)C.CC(C)(C)c1cc2c(cc1O)C(C)(C)CCC2(C)C.CCc1cc2c(cc1C(C)=O)C(C)(C)CCC2(C)C. The number of carbonyl (C=O) groups is 2. The molecular formula is C54H80O3. The Balaban J connectivity index is 0.000000189. The average Bonchev–Trinajstić information content (AvgIpc) is 3.07. The zero-order chi connectivity index (χ0) is 43.6. The minimum atomic E-state index is -0.0171. The van der Waals surface area contributed by atoms with Crippen LogP contribution in [0.1, 0.15) is 234 Å². The molecule has 0 spiro atoms. The zero-order valence-corrected chi connectivity index (χ0v) is 40.0. The number of carbonyl (C=O) groups excluding carboxylic acids is 2. The maximum Gasteiger partial charge on any atom is 0.160 e. The molecule has 0 bridgehead atoms. The fourth-order valence-corrected chi connectivity index (χ4v) is 10.1. The van der Waals surface area contributed by atoms with E-state index < -0.39 is 0 Å². The Bertz CT molecular complexity index is 2020. The quantitative estimate of drug-likeness (QED) is 0.270. The summed E-state index contributed by atoms with van der Waals surface area (Å²) < 4.78 is 0. The summed E-state index contributed by atoms with van der Waals surface area (Å²) in [7, 11) is 0. The van der Waals surface area contributed by atoms with Gasteiger partial charge in [0, 0.05) is 11.1 Å². The van der Waals surface area contributed by atoms with E-state index in [9.17, 15) is 14.7 Å². The van der Waals surface area contributed by atoms with Crippen molar-refractivity contribution in [2.45, 2.75) is 215 Å². The molecule has 0 saturated carbocycles. The minimum absolute atomic E-state index is 0.0171. The summed E-state index contributed by atoms with van der Waals surface area (Å²) in [6, 6.07) is 13.2. The Morgan fingerprint density at radius 3 is 1.40 bits per heavy atom. The molecule has 0 fully saturated rings. The lowest BCUT2D eigenvalue weighted by molar-refractivity contribution is 0.100. The monoisotopic (exact) mass is 777 g/mol. The molecule has 1 N–H and O–H groups in total. The Kier molecular flexibility index (Phi) is 12.6. The van der Waals surface area contributed by atoms with E-state index in [0.29, 0.717) is 11.7 Å². The van der Waals surface area contributed by atoms with Crippen molar-refractivity contribution in [1.29, 1.82) is 0 Å². The largest absolute Gasteiger partial charge is 0.508 e. The average molecular weight is 777 g/mol. The Labute approximate surface area is 349 Å². The maximum atomic E-state index is 11.9. The number of rotatable bonds is 3. The highest BCUT2D eigenvalue weighted by atomic mass is 16.3. The van der Waals surface area contributed by atoms with Crippen LogP contribution in [0.25, 0.3) is 0 Å². The lowest BCUT2D eigenvalue weighted by atomic mass is 9.58. The molecule has 6 rings (SSSR count). The number of fused-ring (bicyclic) bond motifs is 3. The maximum absolute atomic E-state index is 11.9. The van der Waals surface area contributed by atoms with Gasteiger partial charge in [0.15, 0.2) is 11.6 Å². The van der Waals surface area contributed by atoms with Crippen LogP contribution in [-0.2, 0) is 44.3 Å². The number of phenolic OH excluding ortho intramolecular Hbond substituents is 1. The van der Waals surface area contributed by atoms with Gasteiger partial charge < -0.3 is 5.11 Å². The lowest BCUT2D eigenvalue weighted by Crippen LogP contribution is -2.40. The van der Waals surface area contributed by atoms with Crippen LogP contribution < -0.4 is 0 Å². The molecule has 3 heteroatoms. The van der Waals surface area contributed by atoms with Crippen LogP contribution in [0.2, 0.25) is 0 Å². The van der Waals surface area contributed by atoms with E-state index in [1.165, 1.54) is 71.0 Å². The van der Waals surface area contributed by atoms with Gasteiger partial charge in [0.1, 0.15) is 5.75 Å². The molecule has 0 aromatic heterocycles. The van der Waals surface area contributed by atoms with Gasteiger partial charge in [-0.05, 0) is 171 Å². The van der Waals surface area contributed by atoms with E-state index in [2.05, 4.69) is 155 Å². The van der Waals surface area contributed by atoms with Gasteiger partial charge in [0.25, 0.3) is 0 Å². The molecule has 3 aromatic rings. The predicted octanol–water partition coefficient (Wildman–Crippen LogP) is 14.6. The minimum Gasteiger partial charge on any atom is -0.508 e. The van der Waals surface area contributed by atoms with Crippen molar-refractivity contribution >= 4 is 11.6 Å². The normalized spacial score (nSPS) is 21.6.